The van der Waals surface area contributed by atoms with Crippen LogP contribution in [-0.2, 0) is 4.79 Å². The molecule has 148 valence electrons. The van der Waals surface area contributed by atoms with Crippen molar-refractivity contribution >= 4 is 51.7 Å². The van der Waals surface area contributed by atoms with Crippen molar-refractivity contribution < 1.29 is 19.5 Å². The van der Waals surface area contributed by atoms with E-state index in [-0.39, 0.29) is 22.8 Å². The SMILES string of the molecule is Cc1csc(NC(=O)CSc2cccc(NC(=O)c3ccccc3C(=O)O)c2)n1. The number of amides is 2. The monoisotopic (exact) mass is 427 g/mol. The first-order valence-corrected chi connectivity index (χ1v) is 10.4. The number of hydrogen-bond donors (Lipinski definition) is 3. The smallest absolute Gasteiger partial charge is 0.336 e. The van der Waals surface area contributed by atoms with Crippen molar-refractivity contribution in [3.05, 3.63) is 70.7 Å². The van der Waals surface area contributed by atoms with Gasteiger partial charge in [-0.1, -0.05) is 18.2 Å². The van der Waals surface area contributed by atoms with Gasteiger partial charge in [0.1, 0.15) is 0 Å². The van der Waals surface area contributed by atoms with Gasteiger partial charge in [-0.05, 0) is 37.3 Å². The zero-order chi connectivity index (χ0) is 20.8. The number of carbonyl (C=O) groups excluding carboxylic acids is 2. The average molecular weight is 428 g/mol. The number of carboxylic acids is 1. The van der Waals surface area contributed by atoms with Crippen molar-refractivity contribution in [1.82, 2.24) is 4.98 Å². The van der Waals surface area contributed by atoms with E-state index in [0.717, 1.165) is 10.6 Å². The van der Waals surface area contributed by atoms with Crippen LogP contribution in [0.4, 0.5) is 10.8 Å². The lowest BCUT2D eigenvalue weighted by Gasteiger charge is -2.09. The molecule has 29 heavy (non-hydrogen) atoms. The van der Waals surface area contributed by atoms with Gasteiger partial charge in [-0.2, -0.15) is 0 Å². The summed E-state index contributed by atoms with van der Waals surface area (Å²) in [7, 11) is 0. The first-order valence-electron chi connectivity index (χ1n) is 8.51. The van der Waals surface area contributed by atoms with Crippen LogP contribution in [0.2, 0.25) is 0 Å². The quantitative estimate of drug-likeness (QED) is 0.489. The Morgan fingerprint density at radius 1 is 1.07 bits per heavy atom. The first kappa shape index (κ1) is 20.6. The summed E-state index contributed by atoms with van der Waals surface area (Å²) in [5.74, 6) is -1.66. The number of benzene rings is 2. The van der Waals surface area contributed by atoms with Gasteiger partial charge in [-0.3, -0.25) is 9.59 Å². The van der Waals surface area contributed by atoms with Gasteiger partial charge in [0, 0.05) is 16.0 Å². The second-order valence-electron chi connectivity index (χ2n) is 5.96. The molecule has 0 saturated carbocycles. The first-order chi connectivity index (χ1) is 13.9. The highest BCUT2D eigenvalue weighted by Gasteiger charge is 2.16. The molecule has 0 fully saturated rings. The topological polar surface area (TPSA) is 108 Å². The molecular formula is C20H17N3O4S2. The fourth-order valence-corrected chi connectivity index (χ4v) is 3.90. The number of aromatic carboxylic acids is 1. The molecule has 2 aromatic carbocycles. The molecule has 7 nitrogen and oxygen atoms in total. The van der Waals surface area contributed by atoms with E-state index in [9.17, 15) is 19.5 Å². The molecule has 0 spiro atoms. The number of anilines is 2. The van der Waals surface area contributed by atoms with Crippen LogP contribution in [0.1, 0.15) is 26.4 Å². The van der Waals surface area contributed by atoms with E-state index in [1.54, 1.807) is 30.3 Å². The minimum absolute atomic E-state index is 0.0652. The Bertz CT molecular complexity index is 1070. The van der Waals surface area contributed by atoms with Crippen molar-refractivity contribution in [2.45, 2.75) is 11.8 Å². The predicted molar refractivity (Wildman–Crippen MR) is 114 cm³/mol. The number of nitrogens with one attached hydrogen (secondary N) is 2. The Hall–Kier alpha value is -3.17. The maximum absolute atomic E-state index is 12.5. The normalized spacial score (nSPS) is 10.4. The third-order valence-corrected chi connectivity index (χ3v) is 5.60. The van der Waals surface area contributed by atoms with E-state index in [0.29, 0.717) is 10.8 Å². The van der Waals surface area contributed by atoms with Crippen LogP contribution >= 0.6 is 23.1 Å². The average Bonchev–Trinajstić information content (AvgIpc) is 3.11. The summed E-state index contributed by atoms with van der Waals surface area (Å²) >= 11 is 2.69. The number of thioether (sulfide) groups is 1. The zero-order valence-electron chi connectivity index (χ0n) is 15.3. The third-order valence-electron chi connectivity index (χ3n) is 3.73. The molecule has 0 radical (unpaired) electrons. The molecule has 0 aliphatic heterocycles. The molecule has 0 bridgehead atoms. The van der Waals surface area contributed by atoms with E-state index in [4.69, 9.17) is 0 Å². The Kier molecular flexibility index (Phi) is 6.63. The largest absolute Gasteiger partial charge is 0.478 e. The highest BCUT2D eigenvalue weighted by Crippen LogP contribution is 2.23. The van der Waals surface area contributed by atoms with Crippen LogP contribution in [0, 0.1) is 6.92 Å². The molecule has 0 aliphatic carbocycles. The van der Waals surface area contributed by atoms with Crippen LogP contribution in [-0.4, -0.2) is 33.6 Å². The predicted octanol–water partition coefficient (Wildman–Crippen LogP) is 4.13. The van der Waals surface area contributed by atoms with Crippen LogP contribution in [0.5, 0.6) is 0 Å². The molecule has 0 saturated heterocycles. The summed E-state index contributed by atoms with van der Waals surface area (Å²) in [4.78, 5) is 40.8. The summed E-state index contributed by atoms with van der Waals surface area (Å²) < 4.78 is 0. The van der Waals surface area contributed by atoms with Gasteiger partial charge in [-0.15, -0.1) is 23.1 Å². The van der Waals surface area contributed by atoms with Crippen molar-refractivity contribution in [3.63, 3.8) is 0 Å². The van der Waals surface area contributed by atoms with Crippen LogP contribution in [0.3, 0.4) is 0 Å². The van der Waals surface area contributed by atoms with Crippen LogP contribution in [0.25, 0.3) is 0 Å². The van der Waals surface area contributed by atoms with E-state index < -0.39 is 11.9 Å². The molecule has 3 aromatic rings. The van der Waals surface area contributed by atoms with Crippen molar-refractivity contribution in [1.29, 1.82) is 0 Å². The highest BCUT2D eigenvalue weighted by atomic mass is 32.2. The van der Waals surface area contributed by atoms with Gasteiger partial charge in [-0.25, -0.2) is 9.78 Å². The van der Waals surface area contributed by atoms with Gasteiger partial charge in [0.25, 0.3) is 5.91 Å². The zero-order valence-corrected chi connectivity index (χ0v) is 17.0. The number of aromatic nitrogens is 1. The molecule has 3 N–H and O–H groups in total. The Morgan fingerprint density at radius 3 is 2.52 bits per heavy atom. The standard InChI is InChI=1S/C20H17N3O4S2/c1-12-10-29-20(21-12)23-17(24)11-28-14-6-4-5-13(9-14)22-18(25)15-7-2-3-8-16(15)19(26)27/h2-10H,11H2,1H3,(H,22,25)(H,26,27)(H,21,23,24). The lowest BCUT2D eigenvalue weighted by molar-refractivity contribution is -0.113. The maximum atomic E-state index is 12.5. The maximum Gasteiger partial charge on any atom is 0.336 e. The van der Waals surface area contributed by atoms with Gasteiger partial charge < -0.3 is 15.7 Å². The fraction of sp³-hybridized carbons (Fsp3) is 0.100. The molecule has 0 unspecified atom stereocenters. The third kappa shape index (κ3) is 5.66. The lowest BCUT2D eigenvalue weighted by atomic mass is 10.1. The molecule has 0 aliphatic rings. The number of aryl methyl sites for hydroxylation is 1. The van der Waals surface area contributed by atoms with Crippen molar-refractivity contribution in [3.8, 4) is 0 Å². The molecule has 2 amide bonds. The van der Waals surface area contributed by atoms with E-state index in [2.05, 4.69) is 15.6 Å². The molecular weight excluding hydrogens is 410 g/mol. The summed E-state index contributed by atoms with van der Waals surface area (Å²) in [6.07, 6.45) is 0. The van der Waals surface area contributed by atoms with E-state index in [1.807, 2.05) is 18.4 Å². The van der Waals surface area contributed by atoms with Gasteiger partial charge in [0.15, 0.2) is 5.13 Å². The summed E-state index contributed by atoms with van der Waals surface area (Å²) in [5, 5.41) is 17.1. The van der Waals surface area contributed by atoms with Gasteiger partial charge in [0.2, 0.25) is 5.91 Å². The number of carboxylic acid groups (broad SMARTS) is 1. The number of hydrogen-bond acceptors (Lipinski definition) is 6. The van der Waals surface area contributed by atoms with Gasteiger partial charge >= 0.3 is 5.97 Å². The minimum atomic E-state index is -1.17. The molecule has 1 heterocycles. The molecule has 1 aromatic heterocycles. The van der Waals surface area contributed by atoms with Crippen LogP contribution in [0.15, 0.2) is 58.8 Å². The number of thiazole rings is 1. The van der Waals surface area contributed by atoms with Crippen molar-refractivity contribution in [2.24, 2.45) is 0 Å². The molecule has 0 atom stereocenters. The molecule has 9 heteroatoms. The number of rotatable bonds is 7. The van der Waals surface area contributed by atoms with E-state index >= 15 is 0 Å². The lowest BCUT2D eigenvalue weighted by Crippen LogP contribution is -2.16. The second kappa shape index (κ2) is 9.35. The van der Waals surface area contributed by atoms with Crippen molar-refractivity contribution in [2.75, 3.05) is 16.4 Å². The summed E-state index contributed by atoms with van der Waals surface area (Å²) in [6.45, 7) is 1.86. The Labute approximate surface area is 175 Å². The minimum Gasteiger partial charge on any atom is -0.478 e. The number of nitrogens with zero attached hydrogens (tertiary/aromatic N) is 1. The number of carbonyl (C=O) groups is 3. The second-order valence-corrected chi connectivity index (χ2v) is 7.87. The molecule has 3 rings (SSSR count). The highest BCUT2D eigenvalue weighted by molar-refractivity contribution is 8.00. The fourth-order valence-electron chi connectivity index (χ4n) is 2.45. The Morgan fingerprint density at radius 2 is 1.83 bits per heavy atom. The summed E-state index contributed by atoms with van der Waals surface area (Å²) in [5.41, 5.74) is 1.38. The summed E-state index contributed by atoms with van der Waals surface area (Å²) in [6, 6.07) is 13.0. The Balaban J connectivity index is 1.61. The van der Waals surface area contributed by atoms with Gasteiger partial charge in [0.05, 0.1) is 22.6 Å². The van der Waals surface area contributed by atoms with Crippen LogP contribution < -0.4 is 10.6 Å². The van der Waals surface area contributed by atoms with E-state index in [1.165, 1.54) is 35.2 Å².